The van der Waals surface area contributed by atoms with Crippen LogP contribution >= 0.6 is 11.6 Å². The molecule has 1 N–H and O–H groups in total. The van der Waals surface area contributed by atoms with Crippen LogP contribution in [-0.4, -0.2) is 6.04 Å². The Morgan fingerprint density at radius 1 is 1.18 bits per heavy atom. The van der Waals surface area contributed by atoms with Gasteiger partial charge in [-0.15, -0.1) is 0 Å². The van der Waals surface area contributed by atoms with Crippen LogP contribution < -0.4 is 5.32 Å². The lowest BCUT2D eigenvalue weighted by Crippen LogP contribution is -2.34. The lowest BCUT2D eigenvalue weighted by Gasteiger charge is -2.28. The molecular formula is C15H22ClN. The van der Waals surface area contributed by atoms with Crippen LogP contribution in [0.1, 0.15) is 44.6 Å². The SMILES string of the molecule is C[C@H](NCc1ccc(Cl)cc1)C1CCCCC1. The Morgan fingerprint density at radius 3 is 2.47 bits per heavy atom. The normalized spacial score (nSPS) is 19.2. The standard InChI is InChI=1S/C15H22ClN/c1-12(14-5-3-2-4-6-14)17-11-13-7-9-15(16)10-8-13/h7-10,12,14,17H,2-6,11H2,1H3/t12-/m0/s1. The van der Waals surface area contributed by atoms with Gasteiger partial charge in [0.15, 0.2) is 0 Å². The van der Waals surface area contributed by atoms with Crippen LogP contribution in [0.3, 0.4) is 0 Å². The predicted molar refractivity (Wildman–Crippen MR) is 74.3 cm³/mol. The average molecular weight is 252 g/mol. The molecule has 1 saturated carbocycles. The molecule has 2 heteroatoms. The highest BCUT2D eigenvalue weighted by Crippen LogP contribution is 2.26. The van der Waals surface area contributed by atoms with Gasteiger partial charge in [0.2, 0.25) is 0 Å². The van der Waals surface area contributed by atoms with E-state index in [0.29, 0.717) is 6.04 Å². The molecule has 0 aliphatic heterocycles. The second kappa shape index (κ2) is 6.42. The van der Waals surface area contributed by atoms with Gasteiger partial charge in [0, 0.05) is 17.6 Å². The second-order valence-electron chi connectivity index (χ2n) is 5.19. The third kappa shape index (κ3) is 4.01. The largest absolute Gasteiger partial charge is 0.310 e. The number of halogens is 1. The minimum atomic E-state index is 0.631. The van der Waals surface area contributed by atoms with Gasteiger partial charge in [-0.1, -0.05) is 43.0 Å². The van der Waals surface area contributed by atoms with E-state index in [2.05, 4.69) is 24.4 Å². The number of benzene rings is 1. The summed E-state index contributed by atoms with van der Waals surface area (Å²) in [5.74, 6) is 0.871. The van der Waals surface area contributed by atoms with E-state index in [9.17, 15) is 0 Å². The number of hydrogen-bond acceptors (Lipinski definition) is 1. The van der Waals surface area contributed by atoms with E-state index < -0.39 is 0 Å². The van der Waals surface area contributed by atoms with Gasteiger partial charge in [0.1, 0.15) is 0 Å². The minimum Gasteiger partial charge on any atom is -0.310 e. The summed E-state index contributed by atoms with van der Waals surface area (Å²) in [6.45, 7) is 3.28. The van der Waals surface area contributed by atoms with Crippen LogP contribution in [0.25, 0.3) is 0 Å². The summed E-state index contributed by atoms with van der Waals surface area (Å²) in [6, 6.07) is 8.76. The molecule has 1 aromatic carbocycles. The van der Waals surface area contributed by atoms with Crippen molar-refractivity contribution in [1.82, 2.24) is 5.32 Å². The third-order valence-electron chi connectivity index (χ3n) is 3.90. The molecular weight excluding hydrogens is 230 g/mol. The van der Waals surface area contributed by atoms with Gasteiger partial charge >= 0.3 is 0 Å². The van der Waals surface area contributed by atoms with E-state index in [-0.39, 0.29) is 0 Å². The molecule has 17 heavy (non-hydrogen) atoms. The van der Waals surface area contributed by atoms with Crippen molar-refractivity contribution in [3.05, 3.63) is 34.9 Å². The summed E-state index contributed by atoms with van der Waals surface area (Å²) >= 11 is 5.88. The van der Waals surface area contributed by atoms with Crippen LogP contribution in [-0.2, 0) is 6.54 Å². The fraction of sp³-hybridized carbons (Fsp3) is 0.600. The van der Waals surface area contributed by atoms with Gasteiger partial charge in [0.05, 0.1) is 0 Å². The number of rotatable bonds is 4. The molecule has 1 aliphatic rings. The lowest BCUT2D eigenvalue weighted by atomic mass is 9.84. The van der Waals surface area contributed by atoms with Crippen molar-refractivity contribution in [1.29, 1.82) is 0 Å². The highest BCUT2D eigenvalue weighted by molar-refractivity contribution is 6.30. The summed E-state index contributed by atoms with van der Waals surface area (Å²) in [5, 5.41) is 4.46. The van der Waals surface area contributed by atoms with E-state index in [4.69, 9.17) is 11.6 Å². The second-order valence-corrected chi connectivity index (χ2v) is 5.63. The Balaban J connectivity index is 1.78. The van der Waals surface area contributed by atoms with E-state index >= 15 is 0 Å². The molecule has 94 valence electrons. The van der Waals surface area contributed by atoms with Crippen LogP contribution in [0.4, 0.5) is 0 Å². The molecule has 1 aromatic rings. The topological polar surface area (TPSA) is 12.0 Å². The van der Waals surface area contributed by atoms with Crippen LogP contribution in [0.5, 0.6) is 0 Å². The van der Waals surface area contributed by atoms with E-state index in [1.807, 2.05) is 12.1 Å². The molecule has 0 radical (unpaired) electrons. The van der Waals surface area contributed by atoms with Crippen LogP contribution in [0.2, 0.25) is 5.02 Å². The molecule has 0 spiro atoms. The fourth-order valence-corrected chi connectivity index (χ4v) is 2.81. The summed E-state index contributed by atoms with van der Waals surface area (Å²) in [7, 11) is 0. The Bertz CT molecular complexity index is 327. The van der Waals surface area contributed by atoms with Gasteiger partial charge < -0.3 is 5.32 Å². The quantitative estimate of drug-likeness (QED) is 0.837. The van der Waals surface area contributed by atoms with Crippen molar-refractivity contribution < 1.29 is 0 Å². The zero-order valence-corrected chi connectivity index (χ0v) is 11.3. The van der Waals surface area contributed by atoms with E-state index in [1.165, 1.54) is 37.7 Å². The maximum atomic E-state index is 5.88. The molecule has 1 aliphatic carbocycles. The van der Waals surface area contributed by atoms with Gasteiger partial charge in [-0.3, -0.25) is 0 Å². The van der Waals surface area contributed by atoms with Crippen LogP contribution in [0.15, 0.2) is 24.3 Å². The highest BCUT2D eigenvalue weighted by Gasteiger charge is 2.19. The van der Waals surface area contributed by atoms with Gasteiger partial charge in [-0.05, 0) is 43.4 Å². The maximum Gasteiger partial charge on any atom is 0.0406 e. The number of nitrogens with one attached hydrogen (secondary N) is 1. The molecule has 0 bridgehead atoms. The molecule has 1 nitrogen and oxygen atoms in total. The summed E-state index contributed by atoms with van der Waals surface area (Å²) in [6.07, 6.45) is 7.05. The highest BCUT2D eigenvalue weighted by atomic mass is 35.5. The molecule has 0 saturated heterocycles. The van der Waals surface area contributed by atoms with Gasteiger partial charge in [-0.25, -0.2) is 0 Å². The Kier molecular flexibility index (Phi) is 4.87. The minimum absolute atomic E-state index is 0.631. The monoisotopic (exact) mass is 251 g/mol. The first-order valence-corrected chi connectivity index (χ1v) is 7.11. The van der Waals surface area contributed by atoms with Crippen molar-refractivity contribution in [2.45, 2.75) is 51.6 Å². The van der Waals surface area contributed by atoms with E-state index in [1.54, 1.807) is 0 Å². The van der Waals surface area contributed by atoms with Crippen molar-refractivity contribution >= 4 is 11.6 Å². The van der Waals surface area contributed by atoms with E-state index in [0.717, 1.165) is 17.5 Å². The summed E-state index contributed by atoms with van der Waals surface area (Å²) in [5.41, 5.74) is 1.32. The smallest absolute Gasteiger partial charge is 0.0406 e. The molecule has 1 fully saturated rings. The zero-order valence-electron chi connectivity index (χ0n) is 10.6. The molecule has 0 amide bonds. The molecule has 1 atom stereocenters. The van der Waals surface area contributed by atoms with Gasteiger partial charge in [0.25, 0.3) is 0 Å². The Labute approximate surface area is 110 Å². The molecule has 2 rings (SSSR count). The van der Waals surface area contributed by atoms with Crippen molar-refractivity contribution in [2.75, 3.05) is 0 Å². The fourth-order valence-electron chi connectivity index (χ4n) is 2.68. The summed E-state index contributed by atoms with van der Waals surface area (Å²) < 4.78 is 0. The van der Waals surface area contributed by atoms with Crippen molar-refractivity contribution in [2.24, 2.45) is 5.92 Å². The maximum absolute atomic E-state index is 5.88. The zero-order chi connectivity index (χ0) is 12.1. The lowest BCUT2D eigenvalue weighted by molar-refractivity contribution is 0.280. The average Bonchev–Trinajstić information content (AvgIpc) is 2.39. The molecule has 0 aromatic heterocycles. The Hall–Kier alpha value is -0.530. The Morgan fingerprint density at radius 2 is 1.82 bits per heavy atom. The molecule has 0 heterocycles. The first kappa shape index (κ1) is 12.9. The molecule has 0 unspecified atom stereocenters. The third-order valence-corrected chi connectivity index (χ3v) is 4.15. The first-order chi connectivity index (χ1) is 8.25. The van der Waals surface area contributed by atoms with Gasteiger partial charge in [-0.2, -0.15) is 0 Å². The van der Waals surface area contributed by atoms with Crippen molar-refractivity contribution in [3.8, 4) is 0 Å². The predicted octanol–water partition coefficient (Wildman–Crippen LogP) is 4.40. The first-order valence-electron chi connectivity index (χ1n) is 6.73. The van der Waals surface area contributed by atoms with Crippen molar-refractivity contribution in [3.63, 3.8) is 0 Å². The van der Waals surface area contributed by atoms with Crippen LogP contribution in [0, 0.1) is 5.92 Å². The number of hydrogen-bond donors (Lipinski definition) is 1. The summed E-state index contributed by atoms with van der Waals surface area (Å²) in [4.78, 5) is 0.